The first-order valence-corrected chi connectivity index (χ1v) is 6.15. The minimum Gasteiger partial charge on any atom is -0.300 e. The topological polar surface area (TPSA) is 17.1 Å². The van der Waals surface area contributed by atoms with Gasteiger partial charge in [0.1, 0.15) is 5.78 Å². The number of rotatable bonds is 4. The second-order valence-electron chi connectivity index (χ2n) is 4.96. The van der Waals surface area contributed by atoms with Crippen LogP contribution < -0.4 is 0 Å². The third kappa shape index (κ3) is 3.11. The molecule has 0 aromatic carbocycles. The van der Waals surface area contributed by atoms with E-state index in [1.165, 1.54) is 32.1 Å². The van der Waals surface area contributed by atoms with Crippen LogP contribution in [0.3, 0.4) is 0 Å². The minimum absolute atomic E-state index is 0.284. The molecule has 1 nitrogen and oxygen atoms in total. The molecule has 82 valence electrons. The summed E-state index contributed by atoms with van der Waals surface area (Å²) in [5.74, 6) is 2.37. The lowest BCUT2D eigenvalue weighted by atomic mass is 9.73. The summed E-state index contributed by atoms with van der Waals surface area (Å²) in [6.07, 6.45) is 7.97. The van der Waals surface area contributed by atoms with Crippen molar-refractivity contribution in [2.75, 3.05) is 0 Å². The van der Waals surface area contributed by atoms with E-state index < -0.39 is 0 Å². The normalized spacial score (nSPS) is 29.9. The van der Waals surface area contributed by atoms with E-state index in [1.807, 2.05) is 0 Å². The molecule has 0 aromatic heterocycles. The number of hydrogen-bond acceptors (Lipinski definition) is 1. The number of carbonyl (C=O) groups excluding carboxylic acids is 1. The van der Waals surface area contributed by atoms with Gasteiger partial charge in [-0.15, -0.1) is 0 Å². The van der Waals surface area contributed by atoms with Gasteiger partial charge >= 0.3 is 0 Å². The molecule has 14 heavy (non-hydrogen) atoms. The summed E-state index contributed by atoms with van der Waals surface area (Å²) in [6.45, 7) is 6.11. The predicted octanol–water partition coefficient (Wildman–Crippen LogP) is 3.82. The number of hydrogen-bond donors (Lipinski definition) is 0. The van der Waals surface area contributed by atoms with E-state index in [1.54, 1.807) is 6.92 Å². The van der Waals surface area contributed by atoms with Crippen molar-refractivity contribution in [3.63, 3.8) is 0 Å². The predicted molar refractivity (Wildman–Crippen MR) is 60.2 cm³/mol. The average Bonchev–Trinajstić information content (AvgIpc) is 2.18. The molecule has 0 heterocycles. The van der Waals surface area contributed by atoms with E-state index in [0.29, 0.717) is 5.78 Å². The summed E-state index contributed by atoms with van der Waals surface area (Å²) in [5, 5.41) is 0. The highest BCUT2D eigenvalue weighted by molar-refractivity contribution is 5.77. The summed E-state index contributed by atoms with van der Waals surface area (Å²) in [7, 11) is 0. The molecule has 0 saturated heterocycles. The fraction of sp³-hybridized carbons (Fsp3) is 0.923. The zero-order chi connectivity index (χ0) is 10.6. The van der Waals surface area contributed by atoms with Crippen LogP contribution in [0.1, 0.15) is 59.3 Å². The fourth-order valence-corrected chi connectivity index (χ4v) is 2.75. The quantitative estimate of drug-likeness (QED) is 0.668. The standard InChI is InChI=1S/C13H24O/c1-4-12-7-5-6-8-13(12)9-10(2)11(3)14/h10,12-13H,4-9H2,1-3H3. The molecule has 0 amide bonds. The Morgan fingerprint density at radius 1 is 1.29 bits per heavy atom. The van der Waals surface area contributed by atoms with Crippen LogP contribution in [0.2, 0.25) is 0 Å². The molecule has 3 unspecified atom stereocenters. The Kier molecular flexibility index (Phi) is 4.64. The number of ketones is 1. The summed E-state index contributed by atoms with van der Waals surface area (Å²) in [5.41, 5.74) is 0. The highest BCUT2D eigenvalue weighted by atomic mass is 16.1. The minimum atomic E-state index is 0.284. The highest BCUT2D eigenvalue weighted by Gasteiger charge is 2.25. The van der Waals surface area contributed by atoms with Crippen molar-refractivity contribution in [3.05, 3.63) is 0 Å². The van der Waals surface area contributed by atoms with Crippen molar-refractivity contribution in [2.24, 2.45) is 17.8 Å². The Labute approximate surface area is 88.3 Å². The molecule has 1 heteroatoms. The van der Waals surface area contributed by atoms with Crippen molar-refractivity contribution >= 4 is 5.78 Å². The molecule has 0 radical (unpaired) electrons. The zero-order valence-electron chi connectivity index (χ0n) is 9.88. The molecule has 1 aliphatic rings. The van der Waals surface area contributed by atoms with Gasteiger partial charge in [-0.25, -0.2) is 0 Å². The third-order valence-electron chi connectivity index (χ3n) is 3.94. The molecular formula is C13H24O. The second kappa shape index (κ2) is 5.53. The molecule has 0 spiro atoms. The molecule has 1 aliphatic carbocycles. The Hall–Kier alpha value is -0.330. The van der Waals surface area contributed by atoms with E-state index in [0.717, 1.165) is 18.3 Å². The lowest BCUT2D eigenvalue weighted by molar-refractivity contribution is -0.121. The van der Waals surface area contributed by atoms with Crippen molar-refractivity contribution < 1.29 is 4.79 Å². The largest absolute Gasteiger partial charge is 0.300 e. The van der Waals surface area contributed by atoms with Crippen molar-refractivity contribution in [1.82, 2.24) is 0 Å². The van der Waals surface area contributed by atoms with E-state index in [9.17, 15) is 4.79 Å². The van der Waals surface area contributed by atoms with Crippen LogP contribution in [0.5, 0.6) is 0 Å². The summed E-state index contributed by atoms with van der Waals surface area (Å²) >= 11 is 0. The molecule has 1 rings (SSSR count). The van der Waals surface area contributed by atoms with Gasteiger partial charge in [0.2, 0.25) is 0 Å². The van der Waals surface area contributed by atoms with Gasteiger partial charge in [0.05, 0.1) is 0 Å². The van der Waals surface area contributed by atoms with E-state index >= 15 is 0 Å². The maximum Gasteiger partial charge on any atom is 0.132 e. The average molecular weight is 196 g/mol. The van der Waals surface area contributed by atoms with Crippen LogP contribution in [0.4, 0.5) is 0 Å². The number of Topliss-reactive ketones (excluding diaryl/α,β-unsaturated/α-hetero) is 1. The van der Waals surface area contributed by atoms with Gasteiger partial charge < -0.3 is 0 Å². The molecule has 3 atom stereocenters. The van der Waals surface area contributed by atoms with Gasteiger partial charge in [-0.2, -0.15) is 0 Å². The van der Waals surface area contributed by atoms with Crippen LogP contribution >= 0.6 is 0 Å². The first-order chi connectivity index (χ1) is 6.65. The Bertz CT molecular complexity index is 186. The summed E-state index contributed by atoms with van der Waals surface area (Å²) in [6, 6.07) is 0. The van der Waals surface area contributed by atoms with Crippen LogP contribution in [0.15, 0.2) is 0 Å². The summed E-state index contributed by atoms with van der Waals surface area (Å²) < 4.78 is 0. The summed E-state index contributed by atoms with van der Waals surface area (Å²) in [4.78, 5) is 11.2. The van der Waals surface area contributed by atoms with Gasteiger partial charge in [-0.3, -0.25) is 4.79 Å². The molecule has 0 bridgehead atoms. The van der Waals surface area contributed by atoms with Gasteiger partial charge in [-0.05, 0) is 25.2 Å². The van der Waals surface area contributed by atoms with Crippen molar-refractivity contribution in [3.8, 4) is 0 Å². The monoisotopic (exact) mass is 196 g/mol. The lowest BCUT2D eigenvalue weighted by Gasteiger charge is -2.32. The van der Waals surface area contributed by atoms with E-state index in [2.05, 4.69) is 13.8 Å². The molecule has 0 N–H and O–H groups in total. The third-order valence-corrected chi connectivity index (χ3v) is 3.94. The SMILES string of the molecule is CCC1CCCCC1CC(C)C(C)=O. The first-order valence-electron chi connectivity index (χ1n) is 6.15. The first kappa shape index (κ1) is 11.7. The zero-order valence-corrected chi connectivity index (χ0v) is 9.88. The molecule has 0 aliphatic heterocycles. The van der Waals surface area contributed by atoms with Gasteiger partial charge in [0, 0.05) is 5.92 Å². The van der Waals surface area contributed by atoms with Crippen LogP contribution in [0, 0.1) is 17.8 Å². The smallest absolute Gasteiger partial charge is 0.132 e. The fourth-order valence-electron chi connectivity index (χ4n) is 2.75. The maximum absolute atomic E-state index is 11.2. The van der Waals surface area contributed by atoms with E-state index in [4.69, 9.17) is 0 Å². The highest BCUT2D eigenvalue weighted by Crippen LogP contribution is 2.36. The van der Waals surface area contributed by atoms with E-state index in [-0.39, 0.29) is 5.92 Å². The number of carbonyl (C=O) groups is 1. The van der Waals surface area contributed by atoms with Gasteiger partial charge in [-0.1, -0.05) is 46.0 Å². The van der Waals surface area contributed by atoms with Gasteiger partial charge in [0.25, 0.3) is 0 Å². The maximum atomic E-state index is 11.2. The molecule has 1 saturated carbocycles. The Morgan fingerprint density at radius 3 is 2.36 bits per heavy atom. The van der Waals surface area contributed by atoms with Crippen LogP contribution in [-0.4, -0.2) is 5.78 Å². The Balaban J connectivity index is 2.44. The second-order valence-corrected chi connectivity index (χ2v) is 4.96. The lowest BCUT2D eigenvalue weighted by Crippen LogP contribution is -2.23. The van der Waals surface area contributed by atoms with Crippen molar-refractivity contribution in [2.45, 2.75) is 59.3 Å². The van der Waals surface area contributed by atoms with Gasteiger partial charge in [0.15, 0.2) is 0 Å². The molecule has 1 fully saturated rings. The Morgan fingerprint density at radius 2 is 1.86 bits per heavy atom. The molecule has 0 aromatic rings. The molecular weight excluding hydrogens is 172 g/mol. The van der Waals surface area contributed by atoms with Crippen molar-refractivity contribution in [1.29, 1.82) is 0 Å². The van der Waals surface area contributed by atoms with Crippen LogP contribution in [0.25, 0.3) is 0 Å². The van der Waals surface area contributed by atoms with Crippen LogP contribution in [-0.2, 0) is 4.79 Å².